The van der Waals surface area contributed by atoms with Crippen molar-refractivity contribution in [2.45, 2.75) is 23.1 Å². The first-order chi connectivity index (χ1) is 8.54. The van der Waals surface area contributed by atoms with Crippen LogP contribution >= 0.6 is 11.8 Å². The van der Waals surface area contributed by atoms with Gasteiger partial charge >= 0.3 is 0 Å². The predicted octanol–water partition coefficient (Wildman–Crippen LogP) is 1.21. The maximum atomic E-state index is 5.82. The van der Waals surface area contributed by atoms with Gasteiger partial charge in [0, 0.05) is 18.3 Å². The second-order valence-electron chi connectivity index (χ2n) is 3.82. The average Bonchev–Trinajstić information content (AvgIpc) is 2.27. The molecule has 0 radical (unpaired) electrons. The lowest BCUT2D eigenvalue weighted by molar-refractivity contribution is 0.808. The fourth-order valence-corrected chi connectivity index (χ4v) is 2.16. The van der Waals surface area contributed by atoms with E-state index in [-0.39, 0.29) is 6.04 Å². The van der Waals surface area contributed by atoms with Crippen LogP contribution in [0.15, 0.2) is 34.6 Å². The first-order valence-electron chi connectivity index (χ1n) is 5.34. The van der Waals surface area contributed by atoms with Gasteiger partial charge in [-0.15, -0.1) is 0 Å². The summed E-state index contributed by atoms with van der Waals surface area (Å²) in [4.78, 5) is 12.4. The highest BCUT2D eigenvalue weighted by Gasteiger charge is 2.06. The molecular weight excluding hydrogens is 248 g/mol. The van der Waals surface area contributed by atoms with Crippen molar-refractivity contribution >= 4 is 23.4 Å². The van der Waals surface area contributed by atoms with Crippen LogP contribution in [-0.4, -0.2) is 15.0 Å². The molecule has 94 valence electrons. The van der Waals surface area contributed by atoms with E-state index in [4.69, 9.17) is 17.2 Å². The summed E-state index contributed by atoms with van der Waals surface area (Å²) in [5.41, 5.74) is 18.0. The minimum atomic E-state index is -0.0424. The molecule has 0 aliphatic rings. The van der Waals surface area contributed by atoms with Gasteiger partial charge < -0.3 is 17.2 Å². The Kier molecular flexibility index (Phi) is 3.63. The Morgan fingerprint density at radius 2 is 1.83 bits per heavy atom. The molecule has 6 N–H and O–H groups in total. The third-order valence-corrected chi connectivity index (χ3v) is 3.02. The Balaban J connectivity index is 2.25. The van der Waals surface area contributed by atoms with Gasteiger partial charge in [0.25, 0.3) is 0 Å². The minimum Gasteiger partial charge on any atom is -0.383 e. The second-order valence-corrected chi connectivity index (χ2v) is 4.81. The zero-order chi connectivity index (χ0) is 13.1. The third kappa shape index (κ3) is 3.08. The molecule has 18 heavy (non-hydrogen) atoms. The van der Waals surface area contributed by atoms with Gasteiger partial charge in [0.2, 0.25) is 0 Å². The summed E-state index contributed by atoms with van der Waals surface area (Å²) in [5.74, 6) is 0.682. The lowest BCUT2D eigenvalue weighted by atomic mass is 10.1. The van der Waals surface area contributed by atoms with Crippen LogP contribution in [0.4, 0.5) is 11.6 Å². The molecule has 0 aliphatic carbocycles. The molecule has 0 aliphatic heterocycles. The lowest BCUT2D eigenvalue weighted by Crippen LogP contribution is -2.05. The van der Waals surface area contributed by atoms with Crippen LogP contribution in [0.5, 0.6) is 0 Å². The Hall–Kier alpha value is -1.86. The molecule has 7 heteroatoms. The number of hydrogen-bond acceptors (Lipinski definition) is 7. The highest BCUT2D eigenvalue weighted by atomic mass is 32.2. The molecule has 2 heterocycles. The zero-order valence-electron chi connectivity index (χ0n) is 9.87. The summed E-state index contributed by atoms with van der Waals surface area (Å²) in [6, 6.07) is 5.25. The van der Waals surface area contributed by atoms with Crippen LogP contribution in [0, 0.1) is 0 Å². The number of pyridine rings is 1. The normalized spacial score (nSPS) is 12.3. The topological polar surface area (TPSA) is 117 Å². The highest BCUT2D eigenvalue weighted by molar-refractivity contribution is 7.99. The van der Waals surface area contributed by atoms with Crippen LogP contribution < -0.4 is 17.2 Å². The SMILES string of the molecule is C[C@@H](N)c1ccnc(Sc2nc(N)cc(N)n2)c1. The summed E-state index contributed by atoms with van der Waals surface area (Å²) < 4.78 is 0. The zero-order valence-corrected chi connectivity index (χ0v) is 10.7. The van der Waals surface area contributed by atoms with Gasteiger partial charge in [-0.2, -0.15) is 0 Å². The van der Waals surface area contributed by atoms with Gasteiger partial charge in [-0.1, -0.05) is 0 Å². The second kappa shape index (κ2) is 5.19. The van der Waals surface area contributed by atoms with E-state index in [2.05, 4.69) is 15.0 Å². The van der Waals surface area contributed by atoms with Gasteiger partial charge in [0.05, 0.1) is 0 Å². The Bertz CT molecular complexity index is 537. The molecule has 0 saturated carbocycles. The first kappa shape index (κ1) is 12.6. The van der Waals surface area contributed by atoms with Gasteiger partial charge in [-0.25, -0.2) is 15.0 Å². The van der Waals surface area contributed by atoms with Crippen LogP contribution in [0.25, 0.3) is 0 Å². The van der Waals surface area contributed by atoms with E-state index < -0.39 is 0 Å². The van der Waals surface area contributed by atoms with Crippen LogP contribution in [0.2, 0.25) is 0 Å². The van der Waals surface area contributed by atoms with Crippen molar-refractivity contribution in [3.05, 3.63) is 30.0 Å². The molecule has 0 amide bonds. The molecule has 6 nitrogen and oxygen atoms in total. The smallest absolute Gasteiger partial charge is 0.197 e. The monoisotopic (exact) mass is 262 g/mol. The molecule has 2 rings (SSSR count). The number of rotatable bonds is 3. The fraction of sp³-hybridized carbons (Fsp3) is 0.182. The van der Waals surface area contributed by atoms with Gasteiger partial charge in [-0.05, 0) is 36.4 Å². The Morgan fingerprint density at radius 1 is 1.17 bits per heavy atom. The number of nitrogens with two attached hydrogens (primary N) is 3. The fourth-order valence-electron chi connectivity index (χ4n) is 1.36. The largest absolute Gasteiger partial charge is 0.383 e. The van der Waals surface area contributed by atoms with Crippen molar-refractivity contribution in [3.8, 4) is 0 Å². The van der Waals surface area contributed by atoms with Crippen molar-refractivity contribution in [2.75, 3.05) is 11.5 Å². The quantitative estimate of drug-likeness (QED) is 0.711. The standard InChI is InChI=1S/C11H14N6S/c1-6(12)7-2-3-15-10(4-7)18-11-16-8(13)5-9(14)17-11/h2-6H,12H2,1H3,(H4,13,14,16,17)/t6-/m1/s1. The molecule has 0 spiro atoms. The van der Waals surface area contributed by atoms with Crippen LogP contribution in [-0.2, 0) is 0 Å². The van der Waals surface area contributed by atoms with Crippen molar-refractivity contribution in [1.29, 1.82) is 0 Å². The van der Waals surface area contributed by atoms with E-state index in [1.54, 1.807) is 6.20 Å². The number of anilines is 2. The molecule has 2 aromatic heterocycles. The number of nitrogens with zero attached hydrogens (tertiary/aromatic N) is 3. The average molecular weight is 262 g/mol. The van der Waals surface area contributed by atoms with Crippen LogP contribution in [0.3, 0.4) is 0 Å². The van der Waals surface area contributed by atoms with E-state index in [0.717, 1.165) is 10.6 Å². The highest BCUT2D eigenvalue weighted by Crippen LogP contribution is 2.25. The van der Waals surface area contributed by atoms with E-state index in [1.165, 1.54) is 17.8 Å². The van der Waals surface area contributed by atoms with Crippen molar-refractivity contribution in [3.63, 3.8) is 0 Å². The molecule has 2 aromatic rings. The predicted molar refractivity (Wildman–Crippen MR) is 71.8 cm³/mol. The summed E-state index contributed by atoms with van der Waals surface area (Å²) in [6.07, 6.45) is 1.71. The maximum Gasteiger partial charge on any atom is 0.197 e. The first-order valence-corrected chi connectivity index (χ1v) is 6.15. The third-order valence-electron chi connectivity index (χ3n) is 2.23. The van der Waals surface area contributed by atoms with Gasteiger partial charge in [0.1, 0.15) is 16.7 Å². The Labute approximate surface area is 109 Å². The molecule has 0 fully saturated rings. The summed E-state index contributed by atoms with van der Waals surface area (Å²) >= 11 is 1.30. The van der Waals surface area contributed by atoms with Crippen molar-refractivity contribution in [1.82, 2.24) is 15.0 Å². The minimum absolute atomic E-state index is 0.0424. The van der Waals surface area contributed by atoms with Gasteiger partial charge in [0.15, 0.2) is 5.16 Å². The molecular formula is C11H14N6S. The lowest BCUT2D eigenvalue weighted by Gasteiger charge is -2.07. The van der Waals surface area contributed by atoms with Gasteiger partial charge in [-0.3, -0.25) is 0 Å². The summed E-state index contributed by atoms with van der Waals surface area (Å²) in [7, 11) is 0. The maximum absolute atomic E-state index is 5.82. The van der Waals surface area contributed by atoms with E-state index in [9.17, 15) is 0 Å². The molecule has 0 saturated heterocycles. The van der Waals surface area contributed by atoms with Crippen molar-refractivity contribution in [2.24, 2.45) is 5.73 Å². The van der Waals surface area contributed by atoms with E-state index >= 15 is 0 Å². The number of nitrogen functional groups attached to an aromatic ring is 2. The molecule has 0 bridgehead atoms. The molecule has 1 atom stereocenters. The van der Waals surface area contributed by atoms with E-state index in [0.29, 0.717) is 16.8 Å². The number of aromatic nitrogens is 3. The van der Waals surface area contributed by atoms with E-state index in [1.807, 2.05) is 19.1 Å². The Morgan fingerprint density at radius 3 is 2.44 bits per heavy atom. The van der Waals surface area contributed by atoms with Crippen LogP contribution in [0.1, 0.15) is 18.5 Å². The summed E-state index contributed by atoms with van der Waals surface area (Å²) in [6.45, 7) is 1.92. The molecule has 0 unspecified atom stereocenters. The van der Waals surface area contributed by atoms with Crippen molar-refractivity contribution < 1.29 is 0 Å². The summed E-state index contributed by atoms with van der Waals surface area (Å²) in [5, 5.41) is 1.23. The molecule has 0 aromatic carbocycles. The number of hydrogen-bond donors (Lipinski definition) is 3.